The van der Waals surface area contributed by atoms with Gasteiger partial charge in [-0.15, -0.1) is 0 Å². The summed E-state index contributed by atoms with van der Waals surface area (Å²) in [6.07, 6.45) is 2.68. The molecule has 11 nitrogen and oxygen atoms in total. The Morgan fingerprint density at radius 1 is 1.19 bits per heavy atom. The molecule has 0 bridgehead atoms. The van der Waals surface area contributed by atoms with Gasteiger partial charge in [0, 0.05) is 18.8 Å². The van der Waals surface area contributed by atoms with Gasteiger partial charge in [-0.1, -0.05) is 6.42 Å². The van der Waals surface area contributed by atoms with E-state index >= 15 is 0 Å². The Hall–Kier alpha value is -2.99. The molecule has 144 valence electrons. The topological polar surface area (TPSA) is 164 Å². The van der Waals surface area contributed by atoms with Crippen LogP contribution in [-0.4, -0.2) is 40.7 Å². The third-order valence-electron chi connectivity index (χ3n) is 4.17. The van der Waals surface area contributed by atoms with Crippen LogP contribution in [0, 0.1) is 10.1 Å². The van der Waals surface area contributed by atoms with E-state index in [4.69, 9.17) is 5.73 Å². The Labute approximate surface area is 154 Å². The minimum atomic E-state index is -3.58. The minimum absolute atomic E-state index is 0.128. The van der Waals surface area contributed by atoms with Crippen molar-refractivity contribution in [1.82, 2.24) is 14.3 Å². The lowest BCUT2D eigenvalue weighted by molar-refractivity contribution is -0.385. The average Bonchev–Trinajstić information content (AvgIpc) is 2.62. The molecule has 0 saturated carbocycles. The van der Waals surface area contributed by atoms with E-state index in [0.29, 0.717) is 18.8 Å². The predicted molar refractivity (Wildman–Crippen MR) is 98.3 cm³/mol. The lowest BCUT2D eigenvalue weighted by Gasteiger charge is -2.25. The number of nitrogens with two attached hydrogens (primary N) is 1. The molecule has 1 aliphatic heterocycles. The highest BCUT2D eigenvalue weighted by Gasteiger charge is 2.26. The molecule has 12 heteroatoms. The second-order valence-corrected chi connectivity index (χ2v) is 7.96. The van der Waals surface area contributed by atoms with Crippen LogP contribution in [0.15, 0.2) is 34.0 Å². The van der Waals surface area contributed by atoms with Gasteiger partial charge in [0.25, 0.3) is 0 Å². The highest BCUT2D eigenvalue weighted by atomic mass is 32.2. The maximum absolute atomic E-state index is 12.6. The molecule has 0 aliphatic carbocycles. The number of H-pyrrole nitrogens is 1. The largest absolute Gasteiger partial charge is 0.376 e. The van der Waals surface area contributed by atoms with E-state index in [1.54, 1.807) is 0 Å². The first kappa shape index (κ1) is 18.8. The summed E-state index contributed by atoms with van der Waals surface area (Å²) in [6, 6.07) is 5.68. The molecule has 1 aromatic carbocycles. The number of rotatable bonds is 5. The molecule has 1 aromatic heterocycles. The molecule has 4 N–H and O–H groups in total. The SMILES string of the molecule is Nc1nc(Nc2ccc(S(=O)(=O)N3CCCCC3)cc2)c([N+](=O)[O-])c(=O)[nH]1. The van der Waals surface area contributed by atoms with Crippen molar-refractivity contribution in [2.24, 2.45) is 0 Å². The van der Waals surface area contributed by atoms with Crippen molar-refractivity contribution in [2.75, 3.05) is 24.1 Å². The molecular formula is C15H18N6O5S. The number of anilines is 3. The maximum atomic E-state index is 12.6. The number of piperidine rings is 1. The number of nitrogens with one attached hydrogen (secondary N) is 2. The van der Waals surface area contributed by atoms with Gasteiger partial charge in [-0.3, -0.25) is 19.9 Å². The van der Waals surface area contributed by atoms with Gasteiger partial charge in [0.1, 0.15) is 0 Å². The number of nitro groups is 1. The van der Waals surface area contributed by atoms with Crippen molar-refractivity contribution in [1.29, 1.82) is 0 Å². The Bertz CT molecular complexity index is 1010. The molecule has 0 atom stereocenters. The summed E-state index contributed by atoms with van der Waals surface area (Å²) in [6.45, 7) is 0.981. The third kappa shape index (κ3) is 3.90. The van der Waals surface area contributed by atoms with Crippen molar-refractivity contribution in [3.05, 3.63) is 44.7 Å². The Balaban J connectivity index is 1.87. The highest BCUT2D eigenvalue weighted by molar-refractivity contribution is 7.89. The molecular weight excluding hydrogens is 376 g/mol. The molecule has 0 radical (unpaired) electrons. The standard InChI is InChI=1S/C15H18N6O5S/c16-15-18-13(12(21(23)24)14(22)19-15)17-10-4-6-11(7-5-10)27(25,26)20-8-2-1-3-9-20/h4-7H,1-3,8-9H2,(H4,16,17,18,19,22). The molecule has 3 rings (SSSR count). The van der Waals surface area contributed by atoms with E-state index < -0.39 is 26.2 Å². The number of nitrogens with zero attached hydrogens (tertiary/aromatic N) is 3. The summed E-state index contributed by atoms with van der Waals surface area (Å²) < 4.78 is 26.7. The zero-order valence-electron chi connectivity index (χ0n) is 14.2. The number of sulfonamides is 1. The second kappa shape index (κ2) is 7.32. The fourth-order valence-corrected chi connectivity index (χ4v) is 4.36. The first-order valence-corrected chi connectivity index (χ1v) is 9.64. The maximum Gasteiger partial charge on any atom is 0.376 e. The monoisotopic (exact) mass is 394 g/mol. The number of benzene rings is 1. The van der Waals surface area contributed by atoms with Crippen molar-refractivity contribution >= 4 is 33.2 Å². The number of nitrogen functional groups attached to an aromatic ring is 1. The zero-order valence-corrected chi connectivity index (χ0v) is 15.0. The van der Waals surface area contributed by atoms with Gasteiger partial charge in [-0.05, 0) is 37.1 Å². The molecule has 27 heavy (non-hydrogen) atoms. The van der Waals surface area contributed by atoms with Gasteiger partial charge in [-0.2, -0.15) is 9.29 Å². The van der Waals surface area contributed by atoms with Crippen LogP contribution in [0.5, 0.6) is 0 Å². The van der Waals surface area contributed by atoms with Crippen LogP contribution in [0.25, 0.3) is 0 Å². The zero-order chi connectivity index (χ0) is 19.6. The van der Waals surface area contributed by atoms with Crippen LogP contribution in [0.1, 0.15) is 19.3 Å². The minimum Gasteiger partial charge on any atom is -0.369 e. The summed E-state index contributed by atoms with van der Waals surface area (Å²) in [5.74, 6) is -0.606. The summed E-state index contributed by atoms with van der Waals surface area (Å²) in [5, 5.41) is 13.7. The smallest absolute Gasteiger partial charge is 0.369 e. The molecule has 0 spiro atoms. The van der Waals surface area contributed by atoms with Gasteiger partial charge < -0.3 is 11.1 Å². The Morgan fingerprint density at radius 2 is 1.81 bits per heavy atom. The molecule has 0 unspecified atom stereocenters. The van der Waals surface area contributed by atoms with Gasteiger partial charge in [-0.25, -0.2) is 8.42 Å². The van der Waals surface area contributed by atoms with Crippen LogP contribution < -0.4 is 16.6 Å². The van der Waals surface area contributed by atoms with Crippen LogP contribution in [0.4, 0.5) is 23.1 Å². The van der Waals surface area contributed by atoms with Crippen LogP contribution >= 0.6 is 0 Å². The Kier molecular flexibility index (Phi) is 5.10. The van der Waals surface area contributed by atoms with E-state index in [0.717, 1.165) is 19.3 Å². The van der Waals surface area contributed by atoms with Crippen molar-refractivity contribution in [3.63, 3.8) is 0 Å². The number of hydrogen-bond acceptors (Lipinski definition) is 8. The molecule has 1 saturated heterocycles. The van der Waals surface area contributed by atoms with E-state index in [1.165, 1.54) is 28.6 Å². The molecule has 2 aromatic rings. The Morgan fingerprint density at radius 3 is 2.41 bits per heavy atom. The number of hydrogen-bond donors (Lipinski definition) is 3. The molecule has 0 amide bonds. The van der Waals surface area contributed by atoms with E-state index in [1.807, 2.05) is 0 Å². The van der Waals surface area contributed by atoms with Crippen molar-refractivity contribution in [2.45, 2.75) is 24.2 Å². The van der Waals surface area contributed by atoms with Crippen molar-refractivity contribution < 1.29 is 13.3 Å². The molecule has 1 aliphatic rings. The van der Waals surface area contributed by atoms with E-state index in [9.17, 15) is 23.3 Å². The summed E-state index contributed by atoms with van der Waals surface area (Å²) >= 11 is 0. The van der Waals surface area contributed by atoms with Gasteiger partial charge in [0.2, 0.25) is 21.8 Å². The fraction of sp³-hybridized carbons (Fsp3) is 0.333. The van der Waals surface area contributed by atoms with E-state index in [-0.39, 0.29) is 16.7 Å². The normalized spacial score (nSPS) is 15.4. The van der Waals surface area contributed by atoms with Gasteiger partial charge in [0.05, 0.1) is 9.82 Å². The predicted octanol–water partition coefficient (Wildman–Crippen LogP) is 1.18. The lowest BCUT2D eigenvalue weighted by Crippen LogP contribution is -2.35. The highest BCUT2D eigenvalue weighted by Crippen LogP contribution is 2.25. The molecule has 2 heterocycles. The fourth-order valence-electron chi connectivity index (χ4n) is 2.84. The van der Waals surface area contributed by atoms with Gasteiger partial charge >= 0.3 is 11.2 Å². The van der Waals surface area contributed by atoms with E-state index in [2.05, 4.69) is 15.3 Å². The summed E-state index contributed by atoms with van der Waals surface area (Å²) in [7, 11) is -3.58. The van der Waals surface area contributed by atoms with Crippen molar-refractivity contribution in [3.8, 4) is 0 Å². The first-order valence-electron chi connectivity index (χ1n) is 8.20. The quantitative estimate of drug-likeness (QED) is 0.502. The van der Waals surface area contributed by atoms with Crippen LogP contribution in [-0.2, 0) is 10.0 Å². The number of aromatic amines is 1. The number of aromatic nitrogens is 2. The summed E-state index contributed by atoms with van der Waals surface area (Å²) in [4.78, 5) is 27.8. The first-order chi connectivity index (χ1) is 12.8. The summed E-state index contributed by atoms with van der Waals surface area (Å²) in [5.41, 5.74) is 3.99. The second-order valence-electron chi connectivity index (χ2n) is 6.02. The lowest BCUT2D eigenvalue weighted by atomic mass is 10.2. The average molecular weight is 394 g/mol. The third-order valence-corrected chi connectivity index (χ3v) is 6.08. The van der Waals surface area contributed by atoms with Crippen LogP contribution in [0.3, 0.4) is 0 Å². The molecule has 1 fully saturated rings. The van der Waals surface area contributed by atoms with Crippen LogP contribution in [0.2, 0.25) is 0 Å². The van der Waals surface area contributed by atoms with Gasteiger partial charge in [0.15, 0.2) is 0 Å².